The van der Waals surface area contributed by atoms with Gasteiger partial charge >= 0.3 is 0 Å². The summed E-state index contributed by atoms with van der Waals surface area (Å²) < 4.78 is 38.7. The molecule has 0 spiro atoms. The second-order valence-corrected chi connectivity index (χ2v) is 8.21. The van der Waals surface area contributed by atoms with Crippen LogP contribution < -0.4 is 15.8 Å². The van der Waals surface area contributed by atoms with Gasteiger partial charge in [0.2, 0.25) is 5.88 Å². The van der Waals surface area contributed by atoms with Crippen LogP contribution in [-0.4, -0.2) is 35.5 Å². The van der Waals surface area contributed by atoms with Gasteiger partial charge < -0.3 is 15.8 Å². The average molecular weight is 502 g/mol. The lowest BCUT2D eigenvalue weighted by Gasteiger charge is -2.10. The summed E-state index contributed by atoms with van der Waals surface area (Å²) in [6.45, 7) is 5.11. The SMILES string of the molecule is C=C(C)C(=O)Nc1ccc(-c2nn3ncnc(N)c3c2-c2ccc(Oc3ccn(C)n3)c(F)c2)c(F)c1. The second kappa shape index (κ2) is 9.15. The number of carbonyl (C=O) groups excluding carboxylic acids is 1. The number of hydrogen-bond acceptors (Lipinski definition) is 7. The fraction of sp³-hybridized carbons (Fsp3) is 0.0800. The van der Waals surface area contributed by atoms with Gasteiger partial charge in [0.05, 0.1) is 0 Å². The summed E-state index contributed by atoms with van der Waals surface area (Å²) >= 11 is 0. The molecule has 0 saturated carbocycles. The minimum Gasteiger partial charge on any atom is -0.434 e. The summed E-state index contributed by atoms with van der Waals surface area (Å²) in [6.07, 6.45) is 2.87. The van der Waals surface area contributed by atoms with Crippen LogP contribution in [0.5, 0.6) is 11.6 Å². The van der Waals surface area contributed by atoms with Crippen molar-refractivity contribution in [3.63, 3.8) is 0 Å². The fourth-order valence-electron chi connectivity index (χ4n) is 3.70. The number of carbonyl (C=O) groups is 1. The van der Waals surface area contributed by atoms with Gasteiger partial charge in [0.1, 0.15) is 23.4 Å². The van der Waals surface area contributed by atoms with Crippen molar-refractivity contribution in [2.24, 2.45) is 7.05 Å². The van der Waals surface area contributed by atoms with Crippen molar-refractivity contribution in [3.05, 3.63) is 78.8 Å². The maximum Gasteiger partial charge on any atom is 0.250 e. The minimum atomic E-state index is -0.679. The Balaban J connectivity index is 1.61. The maximum atomic E-state index is 15.3. The van der Waals surface area contributed by atoms with Gasteiger partial charge in [-0.05, 0) is 42.8 Å². The molecule has 5 rings (SSSR count). The highest BCUT2D eigenvalue weighted by Crippen LogP contribution is 2.39. The highest BCUT2D eigenvalue weighted by Gasteiger charge is 2.23. The summed E-state index contributed by atoms with van der Waals surface area (Å²) in [6, 6.07) is 9.97. The molecule has 0 fully saturated rings. The number of nitrogens with two attached hydrogens (primary N) is 1. The summed E-state index contributed by atoms with van der Waals surface area (Å²) in [7, 11) is 1.71. The highest BCUT2D eigenvalue weighted by atomic mass is 19.1. The number of ether oxygens (including phenoxy) is 1. The summed E-state index contributed by atoms with van der Waals surface area (Å²) in [5, 5.41) is 15.1. The van der Waals surface area contributed by atoms with Gasteiger partial charge in [0.15, 0.2) is 17.4 Å². The van der Waals surface area contributed by atoms with Crippen molar-refractivity contribution in [2.45, 2.75) is 6.92 Å². The van der Waals surface area contributed by atoms with Crippen LogP contribution in [0.2, 0.25) is 0 Å². The van der Waals surface area contributed by atoms with Crippen molar-refractivity contribution in [3.8, 4) is 34.0 Å². The van der Waals surface area contributed by atoms with Crippen molar-refractivity contribution in [1.29, 1.82) is 0 Å². The van der Waals surface area contributed by atoms with Gasteiger partial charge in [0.25, 0.3) is 5.91 Å². The molecule has 3 heterocycles. The summed E-state index contributed by atoms with van der Waals surface area (Å²) in [5.41, 5.74) is 7.80. The molecular formula is C25H20F2N8O2. The number of nitrogens with one attached hydrogen (secondary N) is 1. The maximum absolute atomic E-state index is 15.3. The Kier molecular flexibility index (Phi) is 5.84. The van der Waals surface area contributed by atoms with Gasteiger partial charge in [-0.3, -0.25) is 9.48 Å². The Hall–Kier alpha value is -5.13. The first kappa shape index (κ1) is 23.6. The van der Waals surface area contributed by atoms with E-state index in [1.807, 2.05) is 0 Å². The van der Waals surface area contributed by atoms with Crippen molar-refractivity contribution < 1.29 is 18.3 Å². The molecule has 186 valence electrons. The van der Waals surface area contributed by atoms with E-state index in [1.54, 1.807) is 32.3 Å². The third-order valence-electron chi connectivity index (χ3n) is 5.46. The molecule has 0 aliphatic carbocycles. The molecule has 3 aromatic heterocycles. The average Bonchev–Trinajstić information content (AvgIpc) is 3.44. The lowest BCUT2D eigenvalue weighted by Crippen LogP contribution is -2.11. The Morgan fingerprint density at radius 1 is 1.11 bits per heavy atom. The lowest BCUT2D eigenvalue weighted by molar-refractivity contribution is -0.112. The number of hydrogen-bond donors (Lipinski definition) is 2. The van der Waals surface area contributed by atoms with Crippen molar-refractivity contribution >= 4 is 22.9 Å². The number of amides is 1. The predicted octanol–water partition coefficient (Wildman–Crippen LogP) is 4.36. The quantitative estimate of drug-likeness (QED) is 0.331. The lowest BCUT2D eigenvalue weighted by atomic mass is 9.99. The number of anilines is 2. The molecule has 0 radical (unpaired) electrons. The fourth-order valence-corrected chi connectivity index (χ4v) is 3.70. The number of aromatic nitrogens is 6. The largest absolute Gasteiger partial charge is 0.434 e. The molecule has 12 heteroatoms. The molecule has 0 saturated heterocycles. The number of nitrogens with zero attached hydrogens (tertiary/aromatic N) is 6. The Bertz CT molecular complexity index is 1690. The van der Waals surface area contributed by atoms with Crippen LogP contribution in [0, 0.1) is 11.6 Å². The van der Waals surface area contributed by atoms with Crippen LogP contribution in [0.1, 0.15) is 6.92 Å². The molecule has 0 atom stereocenters. The zero-order chi connectivity index (χ0) is 26.3. The first-order valence-electron chi connectivity index (χ1n) is 10.9. The predicted molar refractivity (Wildman–Crippen MR) is 133 cm³/mol. The molecular weight excluding hydrogens is 482 g/mol. The van der Waals surface area contributed by atoms with E-state index in [0.717, 1.165) is 6.07 Å². The monoisotopic (exact) mass is 502 g/mol. The van der Waals surface area contributed by atoms with E-state index >= 15 is 8.78 Å². The zero-order valence-electron chi connectivity index (χ0n) is 19.7. The van der Waals surface area contributed by atoms with Gasteiger partial charge in [-0.15, -0.1) is 19.9 Å². The third kappa shape index (κ3) is 4.47. The summed E-state index contributed by atoms with van der Waals surface area (Å²) in [4.78, 5) is 15.9. The molecule has 0 aliphatic rings. The van der Waals surface area contributed by atoms with Gasteiger partial charge in [-0.25, -0.2) is 13.8 Å². The standard InChI is InChI=1S/C25H20F2N8O2/c1-13(2)25(36)31-15-5-6-16(17(26)11-15)22-21(23-24(28)29-12-30-35(23)33-22)14-4-7-19(18(27)10-14)37-20-8-9-34(3)32-20/h4-12H,1H2,2-3H3,(H,31,36)(H2,28,29,30). The van der Waals surface area contributed by atoms with Crippen molar-refractivity contribution in [1.82, 2.24) is 29.6 Å². The normalized spacial score (nSPS) is 11.0. The number of rotatable bonds is 6. The molecule has 3 N–H and O–H groups in total. The van der Waals surface area contributed by atoms with E-state index in [2.05, 4.69) is 32.2 Å². The Labute approximate surface area is 209 Å². The van der Waals surface area contributed by atoms with Gasteiger partial charge in [-0.2, -0.15) is 0 Å². The Morgan fingerprint density at radius 2 is 1.92 bits per heavy atom. The minimum absolute atomic E-state index is 0.0477. The van der Waals surface area contributed by atoms with E-state index in [9.17, 15) is 4.79 Å². The summed E-state index contributed by atoms with van der Waals surface area (Å²) in [5.74, 6) is -1.54. The van der Waals surface area contributed by atoms with Gasteiger partial charge in [0, 0.05) is 41.7 Å². The van der Waals surface area contributed by atoms with E-state index in [4.69, 9.17) is 10.5 Å². The molecule has 5 aromatic rings. The zero-order valence-corrected chi connectivity index (χ0v) is 19.7. The van der Waals surface area contributed by atoms with Gasteiger partial charge in [-0.1, -0.05) is 12.6 Å². The van der Waals surface area contributed by atoms with Crippen LogP contribution in [-0.2, 0) is 11.8 Å². The molecule has 0 aliphatic heterocycles. The molecule has 0 unspecified atom stereocenters. The number of fused-ring (bicyclic) bond motifs is 1. The van der Waals surface area contributed by atoms with Crippen LogP contribution in [0.25, 0.3) is 27.9 Å². The number of aryl methyl sites for hydroxylation is 1. The van der Waals surface area contributed by atoms with Crippen LogP contribution in [0.4, 0.5) is 20.3 Å². The second-order valence-electron chi connectivity index (χ2n) is 8.21. The first-order chi connectivity index (χ1) is 17.7. The van der Waals surface area contributed by atoms with E-state index < -0.39 is 17.5 Å². The Morgan fingerprint density at radius 3 is 2.59 bits per heavy atom. The van der Waals surface area contributed by atoms with E-state index in [0.29, 0.717) is 11.1 Å². The van der Waals surface area contributed by atoms with E-state index in [1.165, 1.54) is 39.9 Å². The van der Waals surface area contributed by atoms with Crippen LogP contribution in [0.3, 0.4) is 0 Å². The number of nitrogen functional groups attached to an aromatic ring is 1. The molecule has 1 amide bonds. The first-order valence-corrected chi connectivity index (χ1v) is 10.9. The molecule has 0 bridgehead atoms. The van der Waals surface area contributed by atoms with Crippen LogP contribution >= 0.6 is 0 Å². The number of halogens is 2. The van der Waals surface area contributed by atoms with Crippen LogP contribution in [0.15, 0.2) is 67.1 Å². The molecule has 2 aromatic carbocycles. The highest BCUT2D eigenvalue weighted by molar-refractivity contribution is 6.03. The smallest absolute Gasteiger partial charge is 0.250 e. The molecule has 37 heavy (non-hydrogen) atoms. The number of benzene rings is 2. The third-order valence-corrected chi connectivity index (χ3v) is 5.46. The molecule has 10 nitrogen and oxygen atoms in total. The van der Waals surface area contributed by atoms with Crippen molar-refractivity contribution in [2.75, 3.05) is 11.1 Å². The topological polar surface area (TPSA) is 125 Å². The van der Waals surface area contributed by atoms with E-state index in [-0.39, 0.29) is 45.5 Å².